The van der Waals surface area contributed by atoms with E-state index in [4.69, 9.17) is 0 Å². The molecule has 2 atom stereocenters. The molecule has 1 amide bonds. The molecule has 2 heterocycles. The molecule has 0 saturated carbocycles. The molecule has 96 valence electrons. The molecular formula is C14H18N2O2. The molecule has 3 rings (SSSR count). The number of carbonyl (C=O) groups is 1. The molecule has 18 heavy (non-hydrogen) atoms. The summed E-state index contributed by atoms with van der Waals surface area (Å²) in [6.07, 6.45) is 0.305. The van der Waals surface area contributed by atoms with Gasteiger partial charge in [-0.05, 0) is 17.9 Å². The molecule has 2 saturated heterocycles. The molecule has 4 nitrogen and oxygen atoms in total. The highest BCUT2D eigenvalue weighted by Crippen LogP contribution is 2.27. The van der Waals surface area contributed by atoms with Crippen molar-refractivity contribution in [3.05, 3.63) is 29.8 Å². The molecule has 2 N–H and O–H groups in total. The Kier molecular flexibility index (Phi) is 2.96. The molecule has 0 bridgehead atoms. The Morgan fingerprint density at radius 1 is 1.28 bits per heavy atom. The average Bonchev–Trinajstić information content (AvgIpc) is 2.92. The van der Waals surface area contributed by atoms with Gasteiger partial charge in [0.25, 0.3) is 0 Å². The molecule has 1 aromatic rings. The van der Waals surface area contributed by atoms with Gasteiger partial charge in [0.15, 0.2) is 0 Å². The van der Waals surface area contributed by atoms with E-state index in [-0.39, 0.29) is 11.7 Å². The van der Waals surface area contributed by atoms with Crippen molar-refractivity contribution < 1.29 is 9.90 Å². The van der Waals surface area contributed by atoms with Crippen molar-refractivity contribution in [2.45, 2.75) is 6.42 Å². The number of phenolic OH excluding ortho intramolecular Hbond substituents is 1. The number of hydrogen-bond acceptors (Lipinski definition) is 3. The van der Waals surface area contributed by atoms with E-state index in [9.17, 15) is 9.90 Å². The Morgan fingerprint density at radius 3 is 2.61 bits per heavy atom. The number of rotatable bonds is 2. The maximum absolute atomic E-state index is 12.2. The van der Waals surface area contributed by atoms with Crippen LogP contribution in [0.5, 0.6) is 5.75 Å². The number of aromatic hydroxyl groups is 1. The number of carbonyl (C=O) groups excluding carboxylic acids is 1. The van der Waals surface area contributed by atoms with E-state index < -0.39 is 0 Å². The SMILES string of the molecule is O=C(Cc1ccccc1O)N1CC2CNCC2C1. The highest BCUT2D eigenvalue weighted by Gasteiger charge is 2.37. The minimum atomic E-state index is 0.130. The third-order valence-electron chi connectivity index (χ3n) is 4.08. The zero-order chi connectivity index (χ0) is 12.5. The standard InChI is InChI=1S/C14H18N2O2/c17-13-4-2-1-3-10(13)5-14(18)16-8-11-6-15-7-12(11)9-16/h1-4,11-12,15,17H,5-9H2. The third kappa shape index (κ3) is 2.08. The molecule has 1 aromatic carbocycles. The number of fused-ring (bicyclic) bond motifs is 1. The number of hydrogen-bond donors (Lipinski definition) is 2. The normalized spacial score (nSPS) is 26.3. The first-order valence-corrected chi connectivity index (χ1v) is 6.49. The summed E-state index contributed by atoms with van der Waals surface area (Å²) in [7, 11) is 0. The van der Waals surface area contributed by atoms with Gasteiger partial charge in [0.2, 0.25) is 5.91 Å². The molecule has 0 aromatic heterocycles. The highest BCUT2D eigenvalue weighted by molar-refractivity contribution is 5.79. The summed E-state index contributed by atoms with van der Waals surface area (Å²) >= 11 is 0. The van der Waals surface area contributed by atoms with Crippen LogP contribution in [0.2, 0.25) is 0 Å². The lowest BCUT2D eigenvalue weighted by atomic mass is 10.0. The van der Waals surface area contributed by atoms with Crippen LogP contribution >= 0.6 is 0 Å². The average molecular weight is 246 g/mol. The second-order valence-electron chi connectivity index (χ2n) is 5.28. The summed E-state index contributed by atoms with van der Waals surface area (Å²) in [6, 6.07) is 7.07. The van der Waals surface area contributed by atoms with Gasteiger partial charge in [-0.2, -0.15) is 0 Å². The number of nitrogens with zero attached hydrogens (tertiary/aromatic N) is 1. The minimum absolute atomic E-state index is 0.130. The monoisotopic (exact) mass is 246 g/mol. The Labute approximate surface area is 107 Å². The van der Waals surface area contributed by atoms with Crippen molar-refractivity contribution >= 4 is 5.91 Å². The fraction of sp³-hybridized carbons (Fsp3) is 0.500. The maximum Gasteiger partial charge on any atom is 0.227 e. The van der Waals surface area contributed by atoms with E-state index in [0.717, 1.165) is 31.7 Å². The summed E-state index contributed by atoms with van der Waals surface area (Å²) in [5.41, 5.74) is 0.720. The van der Waals surface area contributed by atoms with E-state index in [1.54, 1.807) is 12.1 Å². The first-order chi connectivity index (χ1) is 8.74. The van der Waals surface area contributed by atoms with Crippen LogP contribution in [0, 0.1) is 11.8 Å². The van der Waals surface area contributed by atoms with Crippen LogP contribution in [0.25, 0.3) is 0 Å². The molecule has 2 aliphatic heterocycles. The second-order valence-corrected chi connectivity index (χ2v) is 5.28. The van der Waals surface area contributed by atoms with E-state index in [1.165, 1.54) is 0 Å². The summed E-state index contributed by atoms with van der Waals surface area (Å²) in [6.45, 7) is 3.80. The maximum atomic E-state index is 12.2. The predicted molar refractivity (Wildman–Crippen MR) is 68.2 cm³/mol. The van der Waals surface area contributed by atoms with Gasteiger partial charge in [0.05, 0.1) is 6.42 Å². The summed E-state index contributed by atoms with van der Waals surface area (Å²) < 4.78 is 0. The zero-order valence-electron chi connectivity index (χ0n) is 10.3. The zero-order valence-corrected chi connectivity index (χ0v) is 10.3. The number of para-hydroxylation sites is 1. The van der Waals surface area contributed by atoms with E-state index >= 15 is 0 Å². The fourth-order valence-corrected chi connectivity index (χ4v) is 2.99. The van der Waals surface area contributed by atoms with Crippen LogP contribution in [0.15, 0.2) is 24.3 Å². The fourth-order valence-electron chi connectivity index (χ4n) is 2.99. The second kappa shape index (κ2) is 4.61. The van der Waals surface area contributed by atoms with E-state index in [2.05, 4.69) is 5.32 Å². The third-order valence-corrected chi connectivity index (χ3v) is 4.08. The van der Waals surface area contributed by atoms with Gasteiger partial charge >= 0.3 is 0 Å². The number of nitrogens with one attached hydrogen (secondary N) is 1. The van der Waals surface area contributed by atoms with Gasteiger partial charge in [-0.1, -0.05) is 18.2 Å². The van der Waals surface area contributed by atoms with Gasteiger partial charge in [-0.3, -0.25) is 4.79 Å². The van der Waals surface area contributed by atoms with Crippen molar-refractivity contribution in [2.75, 3.05) is 26.2 Å². The predicted octanol–water partition coefficient (Wildman–Crippen LogP) is 0.612. The molecule has 2 aliphatic rings. The lowest BCUT2D eigenvalue weighted by Crippen LogP contribution is -2.32. The summed E-state index contributed by atoms with van der Waals surface area (Å²) in [4.78, 5) is 14.1. The summed E-state index contributed by atoms with van der Waals surface area (Å²) in [5, 5.41) is 13.0. The van der Waals surface area contributed by atoms with Crippen LogP contribution < -0.4 is 5.32 Å². The number of benzene rings is 1. The molecular weight excluding hydrogens is 228 g/mol. The Balaban J connectivity index is 1.64. The molecule has 2 unspecified atom stereocenters. The minimum Gasteiger partial charge on any atom is -0.508 e. The number of amides is 1. The van der Waals surface area contributed by atoms with Crippen molar-refractivity contribution in [3.63, 3.8) is 0 Å². The van der Waals surface area contributed by atoms with Crippen LogP contribution in [0.4, 0.5) is 0 Å². The van der Waals surface area contributed by atoms with E-state index in [1.807, 2.05) is 17.0 Å². The molecule has 4 heteroatoms. The first-order valence-electron chi connectivity index (χ1n) is 6.49. The lowest BCUT2D eigenvalue weighted by molar-refractivity contribution is -0.129. The van der Waals surface area contributed by atoms with E-state index in [0.29, 0.717) is 18.3 Å². The topological polar surface area (TPSA) is 52.6 Å². The van der Waals surface area contributed by atoms with Gasteiger partial charge in [0.1, 0.15) is 5.75 Å². The smallest absolute Gasteiger partial charge is 0.227 e. The van der Waals surface area contributed by atoms with Gasteiger partial charge in [0, 0.05) is 31.7 Å². The highest BCUT2D eigenvalue weighted by atomic mass is 16.3. The van der Waals surface area contributed by atoms with Crippen molar-refractivity contribution in [1.29, 1.82) is 0 Å². The Bertz CT molecular complexity index is 449. The summed E-state index contributed by atoms with van der Waals surface area (Å²) in [5.74, 6) is 1.59. The van der Waals surface area contributed by atoms with Gasteiger partial charge in [-0.15, -0.1) is 0 Å². The largest absolute Gasteiger partial charge is 0.508 e. The van der Waals surface area contributed by atoms with Crippen molar-refractivity contribution in [2.24, 2.45) is 11.8 Å². The molecule has 0 radical (unpaired) electrons. The van der Waals surface area contributed by atoms with Crippen LogP contribution in [-0.4, -0.2) is 42.1 Å². The Morgan fingerprint density at radius 2 is 1.94 bits per heavy atom. The van der Waals surface area contributed by atoms with Crippen LogP contribution in [-0.2, 0) is 11.2 Å². The number of phenols is 1. The molecule has 0 spiro atoms. The van der Waals surface area contributed by atoms with Gasteiger partial charge in [-0.25, -0.2) is 0 Å². The van der Waals surface area contributed by atoms with Crippen LogP contribution in [0.3, 0.4) is 0 Å². The Hall–Kier alpha value is -1.55. The van der Waals surface area contributed by atoms with Gasteiger partial charge < -0.3 is 15.3 Å². The molecule has 0 aliphatic carbocycles. The van der Waals surface area contributed by atoms with Crippen LogP contribution in [0.1, 0.15) is 5.56 Å². The quantitative estimate of drug-likeness (QED) is 0.804. The lowest BCUT2D eigenvalue weighted by Gasteiger charge is -2.17. The van der Waals surface area contributed by atoms with Crippen molar-refractivity contribution in [3.8, 4) is 5.75 Å². The number of likely N-dealkylation sites (tertiary alicyclic amines) is 1. The molecule has 2 fully saturated rings. The first kappa shape index (κ1) is 11.5. The van der Waals surface area contributed by atoms with Crippen molar-refractivity contribution in [1.82, 2.24) is 10.2 Å².